The lowest BCUT2D eigenvalue weighted by Crippen LogP contribution is -2.00. The molecule has 1 atom stereocenters. The summed E-state index contributed by atoms with van der Waals surface area (Å²) < 4.78 is 19.2. The number of rotatable bonds is 4. The van der Waals surface area contributed by atoms with Crippen LogP contribution in [0.5, 0.6) is 5.75 Å². The molecule has 0 bridgehead atoms. The molecule has 19 heavy (non-hydrogen) atoms. The van der Waals surface area contributed by atoms with E-state index in [4.69, 9.17) is 4.74 Å². The summed E-state index contributed by atoms with van der Waals surface area (Å²) >= 11 is 0. The number of benzene rings is 2. The zero-order valence-corrected chi connectivity index (χ0v) is 11.1. The van der Waals surface area contributed by atoms with Crippen molar-refractivity contribution in [2.24, 2.45) is 0 Å². The average Bonchev–Trinajstić information content (AvgIpc) is 2.37. The number of halogens is 1. The highest BCUT2D eigenvalue weighted by atomic mass is 19.1. The van der Waals surface area contributed by atoms with Crippen molar-refractivity contribution in [3.63, 3.8) is 0 Å². The smallest absolute Gasteiger partial charge is 0.132 e. The number of ether oxygens (including phenoxy) is 1. The molecule has 0 aliphatic rings. The number of aliphatic hydroxyl groups is 1. The Labute approximate surface area is 112 Å². The van der Waals surface area contributed by atoms with Gasteiger partial charge in [0.2, 0.25) is 0 Å². The van der Waals surface area contributed by atoms with Crippen LogP contribution in [0, 0.1) is 12.7 Å². The van der Waals surface area contributed by atoms with Gasteiger partial charge in [-0.3, -0.25) is 0 Å². The van der Waals surface area contributed by atoms with Crippen molar-refractivity contribution in [2.45, 2.75) is 26.6 Å². The Bertz CT molecular complexity index is 564. The van der Waals surface area contributed by atoms with Crippen LogP contribution >= 0.6 is 0 Å². The molecule has 0 amide bonds. The molecule has 0 saturated carbocycles. The molecular weight excluding hydrogens is 243 g/mol. The van der Waals surface area contributed by atoms with Gasteiger partial charge in [-0.1, -0.05) is 24.3 Å². The quantitative estimate of drug-likeness (QED) is 0.906. The lowest BCUT2D eigenvalue weighted by atomic mass is 10.1. The third kappa shape index (κ3) is 3.32. The van der Waals surface area contributed by atoms with Crippen LogP contribution in [-0.2, 0) is 6.61 Å². The van der Waals surface area contributed by atoms with Crippen molar-refractivity contribution in [3.05, 3.63) is 65.0 Å². The third-order valence-electron chi connectivity index (χ3n) is 3.08. The van der Waals surface area contributed by atoms with Gasteiger partial charge in [-0.25, -0.2) is 4.39 Å². The van der Waals surface area contributed by atoms with Crippen molar-refractivity contribution in [1.29, 1.82) is 0 Å². The second-order valence-electron chi connectivity index (χ2n) is 4.57. The van der Waals surface area contributed by atoms with E-state index in [2.05, 4.69) is 0 Å². The summed E-state index contributed by atoms with van der Waals surface area (Å²) in [5.41, 5.74) is 2.49. The molecule has 1 N–H and O–H groups in total. The lowest BCUT2D eigenvalue weighted by molar-refractivity contribution is 0.194. The first kappa shape index (κ1) is 13.6. The fraction of sp³-hybridized carbons (Fsp3) is 0.250. The lowest BCUT2D eigenvalue weighted by Gasteiger charge is -2.11. The first-order valence-corrected chi connectivity index (χ1v) is 6.22. The molecule has 2 nitrogen and oxygen atoms in total. The van der Waals surface area contributed by atoms with Crippen molar-refractivity contribution in [1.82, 2.24) is 0 Å². The van der Waals surface area contributed by atoms with Crippen LogP contribution in [0.3, 0.4) is 0 Å². The highest BCUT2D eigenvalue weighted by Gasteiger charge is 2.09. The minimum atomic E-state index is -0.814. The minimum absolute atomic E-state index is 0.281. The Balaban J connectivity index is 2.08. The van der Waals surface area contributed by atoms with Crippen LogP contribution in [0.25, 0.3) is 0 Å². The number of hydrogen-bond donors (Lipinski definition) is 1. The van der Waals surface area contributed by atoms with E-state index in [1.807, 2.05) is 31.2 Å². The van der Waals surface area contributed by atoms with E-state index in [1.165, 1.54) is 13.0 Å². The average molecular weight is 260 g/mol. The highest BCUT2D eigenvalue weighted by molar-refractivity contribution is 5.31. The molecule has 0 heterocycles. The van der Waals surface area contributed by atoms with Gasteiger partial charge in [-0.2, -0.15) is 0 Å². The van der Waals surface area contributed by atoms with Gasteiger partial charge in [-0.05, 0) is 37.1 Å². The normalized spacial score (nSPS) is 12.2. The van der Waals surface area contributed by atoms with E-state index in [-0.39, 0.29) is 5.56 Å². The summed E-state index contributed by atoms with van der Waals surface area (Å²) in [5, 5.41) is 9.36. The molecule has 0 aliphatic carbocycles. The van der Waals surface area contributed by atoms with E-state index in [1.54, 1.807) is 12.1 Å². The maximum absolute atomic E-state index is 13.7. The van der Waals surface area contributed by atoms with Crippen molar-refractivity contribution in [3.8, 4) is 5.75 Å². The summed E-state index contributed by atoms with van der Waals surface area (Å²) in [6, 6.07) is 12.4. The van der Waals surface area contributed by atoms with Crippen LogP contribution in [-0.4, -0.2) is 5.11 Å². The zero-order valence-electron chi connectivity index (χ0n) is 11.1. The molecule has 0 saturated heterocycles. The van der Waals surface area contributed by atoms with Crippen molar-refractivity contribution in [2.75, 3.05) is 0 Å². The summed E-state index contributed by atoms with van der Waals surface area (Å²) in [7, 11) is 0. The van der Waals surface area contributed by atoms with Gasteiger partial charge in [-0.15, -0.1) is 0 Å². The van der Waals surface area contributed by atoms with Gasteiger partial charge in [0.05, 0.1) is 6.10 Å². The van der Waals surface area contributed by atoms with Crippen molar-refractivity contribution < 1.29 is 14.2 Å². The summed E-state index contributed by atoms with van der Waals surface area (Å²) in [5.74, 6) is 0.0161. The molecular formula is C16H17FO2. The first-order valence-electron chi connectivity index (χ1n) is 6.22. The van der Waals surface area contributed by atoms with Crippen molar-refractivity contribution >= 4 is 0 Å². The van der Waals surface area contributed by atoms with Gasteiger partial charge >= 0.3 is 0 Å². The predicted molar refractivity (Wildman–Crippen MR) is 72.5 cm³/mol. The van der Waals surface area contributed by atoms with E-state index in [0.717, 1.165) is 11.1 Å². The van der Waals surface area contributed by atoms with E-state index in [0.29, 0.717) is 12.4 Å². The first-order chi connectivity index (χ1) is 9.08. The maximum Gasteiger partial charge on any atom is 0.132 e. The van der Waals surface area contributed by atoms with E-state index in [9.17, 15) is 9.50 Å². The molecule has 0 spiro atoms. The Morgan fingerprint density at radius 2 is 1.95 bits per heavy atom. The fourth-order valence-corrected chi connectivity index (χ4v) is 1.87. The standard InChI is InChI=1S/C16H17FO2/c1-11-5-3-4-6-13(11)10-19-14-7-8-15(12(2)18)16(17)9-14/h3-9,12,18H,10H2,1-2H3. The zero-order chi connectivity index (χ0) is 13.8. The Morgan fingerprint density at radius 1 is 1.21 bits per heavy atom. The second kappa shape index (κ2) is 5.85. The van der Waals surface area contributed by atoms with Crippen LogP contribution < -0.4 is 4.74 Å². The molecule has 0 aromatic heterocycles. The minimum Gasteiger partial charge on any atom is -0.489 e. The van der Waals surface area contributed by atoms with E-state index < -0.39 is 11.9 Å². The molecule has 0 aliphatic heterocycles. The topological polar surface area (TPSA) is 29.5 Å². The molecule has 2 rings (SSSR count). The van der Waals surface area contributed by atoms with Crippen LogP contribution in [0.15, 0.2) is 42.5 Å². The third-order valence-corrected chi connectivity index (χ3v) is 3.08. The van der Waals surface area contributed by atoms with Crippen LogP contribution in [0.4, 0.5) is 4.39 Å². The van der Waals surface area contributed by atoms with Gasteiger partial charge in [0.15, 0.2) is 0 Å². The predicted octanol–water partition coefficient (Wildman–Crippen LogP) is 3.77. The Morgan fingerprint density at radius 3 is 2.58 bits per heavy atom. The highest BCUT2D eigenvalue weighted by Crippen LogP contribution is 2.22. The molecule has 2 aromatic carbocycles. The Hall–Kier alpha value is -1.87. The summed E-state index contributed by atoms with van der Waals surface area (Å²) in [6.45, 7) is 3.95. The molecule has 100 valence electrons. The molecule has 1 unspecified atom stereocenters. The van der Waals surface area contributed by atoms with Gasteiger partial charge in [0, 0.05) is 11.6 Å². The Kier molecular flexibility index (Phi) is 4.17. The monoisotopic (exact) mass is 260 g/mol. The fourth-order valence-electron chi connectivity index (χ4n) is 1.87. The summed E-state index contributed by atoms with van der Waals surface area (Å²) in [6.07, 6.45) is -0.814. The van der Waals surface area contributed by atoms with Crippen LogP contribution in [0.1, 0.15) is 29.7 Å². The SMILES string of the molecule is Cc1ccccc1COc1ccc(C(C)O)c(F)c1. The largest absolute Gasteiger partial charge is 0.489 e. The van der Waals surface area contributed by atoms with E-state index >= 15 is 0 Å². The van der Waals surface area contributed by atoms with Gasteiger partial charge in [0.25, 0.3) is 0 Å². The van der Waals surface area contributed by atoms with Gasteiger partial charge < -0.3 is 9.84 Å². The van der Waals surface area contributed by atoms with Gasteiger partial charge in [0.1, 0.15) is 18.2 Å². The number of hydrogen-bond acceptors (Lipinski definition) is 2. The maximum atomic E-state index is 13.7. The molecule has 0 fully saturated rings. The molecule has 3 heteroatoms. The summed E-state index contributed by atoms with van der Waals surface area (Å²) in [4.78, 5) is 0. The number of aryl methyl sites for hydroxylation is 1. The molecule has 0 radical (unpaired) electrons. The number of aliphatic hydroxyl groups excluding tert-OH is 1. The molecule has 2 aromatic rings. The second-order valence-corrected chi connectivity index (χ2v) is 4.57. The van der Waals surface area contributed by atoms with Crippen LogP contribution in [0.2, 0.25) is 0 Å².